The first kappa shape index (κ1) is 16.3. The highest BCUT2D eigenvalue weighted by Gasteiger charge is 2.32. The summed E-state index contributed by atoms with van der Waals surface area (Å²) in [6.07, 6.45) is 0.695. The first-order valence-corrected chi connectivity index (χ1v) is 9.02. The molecule has 1 heterocycles. The van der Waals surface area contributed by atoms with E-state index < -0.39 is 10.0 Å². The average Bonchev–Trinajstić information content (AvgIpc) is 2.89. The van der Waals surface area contributed by atoms with Gasteiger partial charge in [-0.05, 0) is 37.6 Å². The first-order valence-electron chi connectivity index (χ1n) is 7.47. The zero-order valence-electron chi connectivity index (χ0n) is 12.7. The molecule has 1 aliphatic heterocycles. The summed E-state index contributed by atoms with van der Waals surface area (Å²) in [4.78, 5) is 2.19. The molecule has 0 unspecified atom stereocenters. The molecule has 1 saturated heterocycles. The molecule has 118 valence electrons. The van der Waals surface area contributed by atoms with Crippen LogP contribution in [0.25, 0.3) is 0 Å². The van der Waals surface area contributed by atoms with Crippen molar-refractivity contribution < 1.29 is 13.2 Å². The van der Waals surface area contributed by atoms with Crippen LogP contribution in [-0.4, -0.2) is 44.8 Å². The molecule has 0 radical (unpaired) electrons. The Balaban J connectivity index is 1.95. The van der Waals surface area contributed by atoms with Crippen LogP contribution in [0.5, 0.6) is 5.75 Å². The van der Waals surface area contributed by atoms with Gasteiger partial charge >= 0.3 is 0 Å². The van der Waals surface area contributed by atoms with Crippen molar-refractivity contribution in [2.24, 2.45) is 0 Å². The van der Waals surface area contributed by atoms with Crippen molar-refractivity contribution in [1.82, 2.24) is 9.62 Å². The summed E-state index contributed by atoms with van der Waals surface area (Å²) < 4.78 is 32.1. The first-order chi connectivity index (χ1) is 10.0. The molecule has 0 aliphatic carbocycles. The Morgan fingerprint density at radius 2 is 2.19 bits per heavy atom. The predicted molar refractivity (Wildman–Crippen MR) is 83.9 cm³/mol. The van der Waals surface area contributed by atoms with Crippen LogP contribution < -0.4 is 9.46 Å². The van der Waals surface area contributed by atoms with Gasteiger partial charge in [0.15, 0.2) is 0 Å². The summed E-state index contributed by atoms with van der Waals surface area (Å²) in [7, 11) is -3.17. The second-order valence-corrected chi connectivity index (χ2v) is 7.31. The normalized spacial score (nSPS) is 19.8. The molecule has 0 saturated carbocycles. The summed E-state index contributed by atoms with van der Waals surface area (Å²) in [5.74, 6) is 0.867. The van der Waals surface area contributed by atoms with Gasteiger partial charge in [-0.25, -0.2) is 13.1 Å². The summed E-state index contributed by atoms with van der Waals surface area (Å²) in [6.45, 7) is 7.04. The van der Waals surface area contributed by atoms with Gasteiger partial charge < -0.3 is 4.74 Å². The molecule has 1 fully saturated rings. The van der Waals surface area contributed by atoms with Crippen LogP contribution >= 0.6 is 0 Å². The predicted octanol–water partition coefficient (Wildman–Crippen LogP) is 1.60. The van der Waals surface area contributed by atoms with E-state index >= 15 is 0 Å². The molecular weight excluding hydrogens is 288 g/mol. The number of sulfonamides is 1. The molecule has 21 heavy (non-hydrogen) atoms. The molecule has 1 aromatic rings. The van der Waals surface area contributed by atoms with Gasteiger partial charge in [-0.15, -0.1) is 0 Å². The van der Waals surface area contributed by atoms with Gasteiger partial charge in [-0.2, -0.15) is 0 Å². The number of likely N-dealkylation sites (tertiary alicyclic amines) is 1. The number of nitrogens with zero attached hydrogens (tertiary/aromatic N) is 1. The molecule has 1 atom stereocenters. The van der Waals surface area contributed by atoms with Crippen molar-refractivity contribution in [2.75, 3.05) is 26.2 Å². The summed E-state index contributed by atoms with van der Waals surface area (Å²) >= 11 is 0. The molecule has 1 aliphatic rings. The molecular formula is C15H24N2O3S. The zero-order valence-corrected chi connectivity index (χ0v) is 13.5. The number of nitrogens with one attached hydrogen (secondary N) is 1. The molecule has 2 rings (SSSR count). The third-order valence-corrected chi connectivity index (χ3v) is 5.58. The Kier molecular flexibility index (Phi) is 5.61. The van der Waals surface area contributed by atoms with Gasteiger partial charge in [0.2, 0.25) is 10.0 Å². The molecule has 1 N–H and O–H groups in total. The lowest BCUT2D eigenvalue weighted by atomic mass is 10.2. The number of rotatable bonds is 7. The second-order valence-electron chi connectivity index (χ2n) is 5.27. The summed E-state index contributed by atoms with van der Waals surface area (Å²) in [5, 5.41) is -0.299. The van der Waals surface area contributed by atoms with E-state index in [1.807, 2.05) is 32.0 Å². The number of hydrogen-bond donors (Lipinski definition) is 1. The van der Waals surface area contributed by atoms with Gasteiger partial charge in [0.25, 0.3) is 0 Å². The quantitative estimate of drug-likeness (QED) is 0.831. The van der Waals surface area contributed by atoms with E-state index in [9.17, 15) is 8.42 Å². The SMILES string of the molecule is CCNS(=O)(=O)[C@H]1CCN(Cc2cccc(OCC)c2)C1. The fraction of sp³-hybridized carbons (Fsp3) is 0.600. The number of benzene rings is 1. The minimum absolute atomic E-state index is 0.299. The molecule has 0 aromatic heterocycles. The lowest BCUT2D eigenvalue weighted by Crippen LogP contribution is -2.36. The zero-order chi connectivity index (χ0) is 15.3. The van der Waals surface area contributed by atoms with Gasteiger partial charge in [-0.1, -0.05) is 19.1 Å². The molecule has 5 nitrogen and oxygen atoms in total. The van der Waals surface area contributed by atoms with Gasteiger partial charge in [0.1, 0.15) is 5.75 Å². The highest BCUT2D eigenvalue weighted by Crippen LogP contribution is 2.20. The van der Waals surface area contributed by atoms with Crippen LogP contribution in [0.4, 0.5) is 0 Å². The van der Waals surface area contributed by atoms with Crippen molar-refractivity contribution in [2.45, 2.75) is 32.1 Å². The maximum Gasteiger partial charge on any atom is 0.215 e. The van der Waals surface area contributed by atoms with Gasteiger partial charge in [0.05, 0.1) is 11.9 Å². The Labute approximate surface area is 127 Å². The molecule has 1 aromatic carbocycles. The third-order valence-electron chi connectivity index (χ3n) is 3.63. The van der Waals surface area contributed by atoms with Crippen LogP contribution in [0.3, 0.4) is 0 Å². The lowest BCUT2D eigenvalue weighted by Gasteiger charge is -2.17. The highest BCUT2D eigenvalue weighted by atomic mass is 32.2. The topological polar surface area (TPSA) is 58.6 Å². The van der Waals surface area contributed by atoms with Crippen molar-refractivity contribution in [3.63, 3.8) is 0 Å². The van der Waals surface area contributed by atoms with Crippen molar-refractivity contribution >= 4 is 10.0 Å². The largest absolute Gasteiger partial charge is 0.494 e. The van der Waals surface area contributed by atoms with E-state index in [4.69, 9.17) is 4.74 Å². The van der Waals surface area contributed by atoms with Gasteiger partial charge in [0, 0.05) is 19.6 Å². The lowest BCUT2D eigenvalue weighted by molar-refractivity contribution is 0.325. The fourth-order valence-corrected chi connectivity index (χ4v) is 4.13. The summed E-state index contributed by atoms with van der Waals surface area (Å²) in [5.41, 5.74) is 1.16. The molecule has 0 bridgehead atoms. The van der Waals surface area contributed by atoms with Crippen LogP contribution in [0.1, 0.15) is 25.8 Å². The minimum Gasteiger partial charge on any atom is -0.494 e. The van der Waals surface area contributed by atoms with E-state index in [2.05, 4.69) is 15.7 Å². The standard InChI is InChI=1S/C15H24N2O3S/c1-3-16-21(18,19)15-8-9-17(12-15)11-13-6-5-7-14(10-13)20-4-2/h5-7,10,15-16H,3-4,8-9,11-12H2,1-2H3/t15-/m0/s1. The third kappa shape index (κ3) is 4.43. The second kappa shape index (κ2) is 7.24. The average molecular weight is 312 g/mol. The summed E-state index contributed by atoms with van der Waals surface area (Å²) in [6, 6.07) is 7.99. The minimum atomic E-state index is -3.17. The Morgan fingerprint density at radius 1 is 1.38 bits per heavy atom. The smallest absolute Gasteiger partial charge is 0.215 e. The van der Waals surface area contributed by atoms with Crippen molar-refractivity contribution in [3.8, 4) is 5.75 Å². The van der Waals surface area contributed by atoms with Crippen LogP contribution in [0, 0.1) is 0 Å². The Bertz CT molecular complexity index is 560. The maximum atomic E-state index is 12.0. The van der Waals surface area contributed by atoms with E-state index in [-0.39, 0.29) is 5.25 Å². The van der Waals surface area contributed by atoms with E-state index in [0.29, 0.717) is 26.1 Å². The Hall–Kier alpha value is -1.11. The monoisotopic (exact) mass is 312 g/mol. The highest BCUT2D eigenvalue weighted by molar-refractivity contribution is 7.90. The van der Waals surface area contributed by atoms with Crippen molar-refractivity contribution in [3.05, 3.63) is 29.8 Å². The van der Waals surface area contributed by atoms with E-state index in [0.717, 1.165) is 24.4 Å². The van der Waals surface area contributed by atoms with Crippen molar-refractivity contribution in [1.29, 1.82) is 0 Å². The van der Waals surface area contributed by atoms with E-state index in [1.165, 1.54) is 0 Å². The fourth-order valence-electron chi connectivity index (χ4n) is 2.67. The molecule has 0 spiro atoms. The van der Waals surface area contributed by atoms with Crippen LogP contribution in [0.15, 0.2) is 24.3 Å². The molecule has 0 amide bonds. The number of hydrogen-bond acceptors (Lipinski definition) is 4. The van der Waals surface area contributed by atoms with Crippen LogP contribution in [-0.2, 0) is 16.6 Å². The van der Waals surface area contributed by atoms with Crippen LogP contribution in [0.2, 0.25) is 0 Å². The molecule has 6 heteroatoms. The number of ether oxygens (including phenoxy) is 1. The Morgan fingerprint density at radius 3 is 2.90 bits per heavy atom. The maximum absolute atomic E-state index is 12.0. The van der Waals surface area contributed by atoms with Gasteiger partial charge in [-0.3, -0.25) is 4.90 Å². The van der Waals surface area contributed by atoms with E-state index in [1.54, 1.807) is 0 Å².